The van der Waals surface area contributed by atoms with Gasteiger partial charge >= 0.3 is 0 Å². The van der Waals surface area contributed by atoms with Crippen molar-refractivity contribution in [3.05, 3.63) is 42.2 Å². The number of piperazine rings is 1. The van der Waals surface area contributed by atoms with Crippen LogP contribution in [0.2, 0.25) is 0 Å². The number of pyridine rings is 1. The lowest BCUT2D eigenvalue weighted by Gasteiger charge is -2.34. The highest BCUT2D eigenvalue weighted by atomic mass is 16.3. The lowest BCUT2D eigenvalue weighted by molar-refractivity contribution is 0.0502. The molecule has 1 N–H and O–H groups in total. The van der Waals surface area contributed by atoms with Crippen LogP contribution in [-0.4, -0.2) is 90.2 Å². The summed E-state index contributed by atoms with van der Waals surface area (Å²) in [5, 5.41) is 12.2. The Morgan fingerprint density at radius 2 is 1.96 bits per heavy atom. The van der Waals surface area contributed by atoms with Gasteiger partial charge in [-0.3, -0.25) is 14.7 Å². The monoisotopic (exact) mass is 342 g/mol. The first-order chi connectivity index (χ1) is 12.0. The van der Waals surface area contributed by atoms with E-state index in [1.54, 1.807) is 24.3 Å². The molecule has 0 radical (unpaired) electrons. The third-order valence-electron chi connectivity index (χ3n) is 4.79. The molecule has 2 aromatic rings. The summed E-state index contributed by atoms with van der Waals surface area (Å²) in [7, 11) is 3.84. The number of hydrogen-bond donors (Lipinski definition) is 1. The summed E-state index contributed by atoms with van der Waals surface area (Å²) in [6.45, 7) is 4.86. The summed E-state index contributed by atoms with van der Waals surface area (Å²) in [5.74, 6) is -0.110. The summed E-state index contributed by atoms with van der Waals surface area (Å²) in [6, 6.07) is 7.73. The van der Waals surface area contributed by atoms with Crippen molar-refractivity contribution in [2.24, 2.45) is 0 Å². The summed E-state index contributed by atoms with van der Waals surface area (Å²) in [5.41, 5.74) is 0.576. The molecule has 0 aliphatic carbocycles. The van der Waals surface area contributed by atoms with Crippen molar-refractivity contribution in [3.8, 4) is 0 Å². The lowest BCUT2D eigenvalue weighted by atomic mass is 10.1. The normalized spacial score (nSPS) is 17.6. The van der Waals surface area contributed by atoms with E-state index in [-0.39, 0.29) is 5.91 Å². The van der Waals surface area contributed by atoms with Gasteiger partial charge in [-0.2, -0.15) is 0 Å². The van der Waals surface area contributed by atoms with Gasteiger partial charge in [0, 0.05) is 64.1 Å². The Labute approximate surface area is 148 Å². The maximum atomic E-state index is 12.8. The van der Waals surface area contributed by atoms with Crippen molar-refractivity contribution >= 4 is 16.7 Å². The molecule has 2 heterocycles. The van der Waals surface area contributed by atoms with E-state index in [2.05, 4.69) is 21.8 Å². The van der Waals surface area contributed by atoms with Crippen molar-refractivity contribution < 1.29 is 9.90 Å². The SMILES string of the molecule is CN1CCN(CC(O)CN(C)C(=O)c2cncc3ccccc23)CC1. The Morgan fingerprint density at radius 3 is 2.72 bits per heavy atom. The first-order valence-corrected chi connectivity index (χ1v) is 8.72. The van der Waals surface area contributed by atoms with Gasteiger partial charge in [0.25, 0.3) is 5.91 Å². The quantitative estimate of drug-likeness (QED) is 0.875. The van der Waals surface area contributed by atoms with Gasteiger partial charge in [0.15, 0.2) is 0 Å². The molecule has 3 rings (SSSR count). The van der Waals surface area contributed by atoms with Crippen LogP contribution in [0.3, 0.4) is 0 Å². The number of amides is 1. The molecule has 1 amide bonds. The van der Waals surface area contributed by atoms with Crippen molar-refractivity contribution in [2.45, 2.75) is 6.10 Å². The van der Waals surface area contributed by atoms with Gasteiger partial charge < -0.3 is 14.9 Å². The van der Waals surface area contributed by atoms with E-state index in [0.717, 1.165) is 37.0 Å². The largest absolute Gasteiger partial charge is 0.390 e. The third kappa shape index (κ3) is 4.34. The number of hydrogen-bond acceptors (Lipinski definition) is 5. The fourth-order valence-electron chi connectivity index (χ4n) is 3.28. The Hall–Kier alpha value is -2.02. The van der Waals surface area contributed by atoms with Crippen LogP contribution < -0.4 is 0 Å². The van der Waals surface area contributed by atoms with E-state index < -0.39 is 6.10 Å². The highest BCUT2D eigenvalue weighted by Crippen LogP contribution is 2.18. The number of carbonyl (C=O) groups excluding carboxylic acids is 1. The standard InChI is InChI=1S/C19H26N4O2/c1-21-7-9-23(10-8-21)14-16(24)13-22(2)19(25)18-12-20-11-15-5-3-4-6-17(15)18/h3-6,11-12,16,24H,7-10,13-14H2,1-2H3. The summed E-state index contributed by atoms with van der Waals surface area (Å²) >= 11 is 0. The summed E-state index contributed by atoms with van der Waals surface area (Å²) < 4.78 is 0. The number of likely N-dealkylation sites (N-methyl/N-ethyl adjacent to an activating group) is 2. The van der Waals surface area contributed by atoms with Gasteiger partial charge in [-0.15, -0.1) is 0 Å². The molecule has 0 saturated carbocycles. The van der Waals surface area contributed by atoms with Crippen molar-refractivity contribution in [1.82, 2.24) is 19.7 Å². The van der Waals surface area contributed by atoms with Gasteiger partial charge in [0.1, 0.15) is 0 Å². The predicted octanol–water partition coefficient (Wildman–Crippen LogP) is 0.915. The van der Waals surface area contributed by atoms with Crippen LogP contribution in [0.4, 0.5) is 0 Å². The fourth-order valence-corrected chi connectivity index (χ4v) is 3.28. The zero-order valence-corrected chi connectivity index (χ0v) is 14.9. The molecule has 25 heavy (non-hydrogen) atoms. The Kier molecular flexibility index (Phi) is 5.63. The van der Waals surface area contributed by atoms with E-state index in [1.165, 1.54) is 0 Å². The molecule has 1 aromatic carbocycles. The zero-order valence-electron chi connectivity index (χ0n) is 14.9. The highest BCUT2D eigenvalue weighted by molar-refractivity contribution is 6.06. The van der Waals surface area contributed by atoms with E-state index in [4.69, 9.17) is 0 Å². The molecule has 1 aliphatic heterocycles. The first-order valence-electron chi connectivity index (χ1n) is 8.72. The van der Waals surface area contributed by atoms with Crippen LogP contribution >= 0.6 is 0 Å². The molecule has 134 valence electrons. The Bertz CT molecular complexity index is 723. The van der Waals surface area contributed by atoms with E-state index in [1.807, 2.05) is 24.3 Å². The van der Waals surface area contributed by atoms with Crippen LogP contribution in [-0.2, 0) is 0 Å². The van der Waals surface area contributed by atoms with E-state index >= 15 is 0 Å². The highest BCUT2D eigenvalue weighted by Gasteiger charge is 2.21. The smallest absolute Gasteiger partial charge is 0.255 e. The number of benzene rings is 1. The van der Waals surface area contributed by atoms with Gasteiger partial charge in [-0.1, -0.05) is 24.3 Å². The maximum absolute atomic E-state index is 12.8. The van der Waals surface area contributed by atoms with E-state index in [0.29, 0.717) is 18.7 Å². The van der Waals surface area contributed by atoms with Crippen LogP contribution in [0.15, 0.2) is 36.7 Å². The molecule has 6 heteroatoms. The van der Waals surface area contributed by atoms with Crippen LogP contribution in [0.5, 0.6) is 0 Å². The lowest BCUT2D eigenvalue weighted by Crippen LogP contribution is -2.49. The number of fused-ring (bicyclic) bond motifs is 1. The molecule has 1 unspecified atom stereocenters. The number of carbonyl (C=O) groups is 1. The topological polar surface area (TPSA) is 59.9 Å². The average Bonchev–Trinajstić information content (AvgIpc) is 2.62. The second-order valence-corrected chi connectivity index (χ2v) is 6.85. The second kappa shape index (κ2) is 7.91. The van der Waals surface area contributed by atoms with Crippen LogP contribution in [0.25, 0.3) is 10.8 Å². The summed E-state index contributed by atoms with van der Waals surface area (Å²) in [4.78, 5) is 23.1. The number of nitrogens with zero attached hydrogens (tertiary/aromatic N) is 4. The minimum Gasteiger partial charge on any atom is -0.390 e. The molecule has 0 spiro atoms. The molecule has 0 bridgehead atoms. The van der Waals surface area contributed by atoms with Crippen molar-refractivity contribution in [1.29, 1.82) is 0 Å². The average molecular weight is 342 g/mol. The number of aromatic nitrogens is 1. The predicted molar refractivity (Wildman–Crippen MR) is 98.6 cm³/mol. The molecular weight excluding hydrogens is 316 g/mol. The molecule has 1 atom stereocenters. The van der Waals surface area contributed by atoms with Crippen LogP contribution in [0, 0.1) is 0 Å². The van der Waals surface area contributed by atoms with Crippen molar-refractivity contribution in [2.75, 3.05) is 53.4 Å². The number of aliphatic hydroxyl groups is 1. The fraction of sp³-hybridized carbons (Fsp3) is 0.474. The van der Waals surface area contributed by atoms with Gasteiger partial charge in [-0.25, -0.2) is 0 Å². The molecular formula is C19H26N4O2. The maximum Gasteiger partial charge on any atom is 0.255 e. The molecule has 6 nitrogen and oxygen atoms in total. The van der Waals surface area contributed by atoms with Gasteiger partial charge in [0.2, 0.25) is 0 Å². The van der Waals surface area contributed by atoms with Crippen molar-refractivity contribution in [3.63, 3.8) is 0 Å². The molecule has 1 fully saturated rings. The Morgan fingerprint density at radius 1 is 1.24 bits per heavy atom. The first kappa shape index (κ1) is 17.8. The van der Waals surface area contributed by atoms with Gasteiger partial charge in [-0.05, 0) is 12.4 Å². The minimum atomic E-state index is -0.555. The third-order valence-corrected chi connectivity index (χ3v) is 4.79. The molecule has 1 aromatic heterocycles. The minimum absolute atomic E-state index is 0.110. The van der Waals surface area contributed by atoms with E-state index in [9.17, 15) is 9.90 Å². The number of aliphatic hydroxyl groups excluding tert-OH is 1. The van der Waals surface area contributed by atoms with Gasteiger partial charge in [0.05, 0.1) is 11.7 Å². The summed E-state index contributed by atoms with van der Waals surface area (Å²) in [6.07, 6.45) is 2.81. The van der Waals surface area contributed by atoms with Crippen LogP contribution in [0.1, 0.15) is 10.4 Å². The molecule has 1 aliphatic rings. The number of rotatable bonds is 5. The molecule has 1 saturated heterocycles. The Balaban J connectivity index is 1.62. The zero-order chi connectivity index (χ0) is 17.8. The second-order valence-electron chi connectivity index (χ2n) is 6.85. The number of β-amino-alcohol motifs (C(OH)–C–C–N with tert-alkyl or cyclic N) is 1.